The molecule has 3 aromatic rings. The number of rotatable bonds is 10. The van der Waals surface area contributed by atoms with Gasteiger partial charge in [0.15, 0.2) is 0 Å². The molecule has 0 heterocycles. The Balaban J connectivity index is 1.76. The van der Waals surface area contributed by atoms with Crippen LogP contribution in [0.2, 0.25) is 0 Å². The number of nitrogens with zero attached hydrogens (tertiary/aromatic N) is 1. The molecule has 1 aliphatic rings. The summed E-state index contributed by atoms with van der Waals surface area (Å²) < 4.78 is 10.8. The van der Waals surface area contributed by atoms with E-state index in [4.69, 9.17) is 9.47 Å². The van der Waals surface area contributed by atoms with Crippen molar-refractivity contribution in [3.05, 3.63) is 95.1 Å². The molecule has 0 bridgehead atoms. The van der Waals surface area contributed by atoms with Crippen molar-refractivity contribution in [2.75, 3.05) is 12.4 Å². The molecule has 1 fully saturated rings. The van der Waals surface area contributed by atoms with Crippen LogP contribution in [-0.2, 0) is 20.7 Å². The predicted octanol–water partition coefficient (Wildman–Crippen LogP) is 6.51. The summed E-state index contributed by atoms with van der Waals surface area (Å²) in [4.78, 5) is 43.7. The van der Waals surface area contributed by atoms with Gasteiger partial charge in [-0.2, -0.15) is 0 Å². The second kappa shape index (κ2) is 13.8. The summed E-state index contributed by atoms with van der Waals surface area (Å²) in [7, 11) is 1.59. The minimum absolute atomic E-state index is 0.155. The molecule has 43 heavy (non-hydrogen) atoms. The predicted molar refractivity (Wildman–Crippen MR) is 168 cm³/mol. The zero-order valence-corrected chi connectivity index (χ0v) is 26.0. The topological polar surface area (TPSA) is 97.0 Å². The summed E-state index contributed by atoms with van der Waals surface area (Å²) in [6.07, 6.45) is 2.07. The van der Waals surface area contributed by atoms with E-state index in [1.54, 1.807) is 57.0 Å². The van der Waals surface area contributed by atoms with Crippen molar-refractivity contribution in [2.45, 2.75) is 84.0 Å². The Morgan fingerprint density at radius 3 is 2.21 bits per heavy atom. The van der Waals surface area contributed by atoms with Crippen molar-refractivity contribution in [1.82, 2.24) is 10.2 Å². The number of hydrogen-bond donors (Lipinski definition) is 2. The molecule has 3 aromatic carbocycles. The zero-order chi connectivity index (χ0) is 31.1. The minimum Gasteiger partial charge on any atom is -0.497 e. The third-order valence-electron chi connectivity index (χ3n) is 7.61. The molecule has 1 saturated carbocycles. The fourth-order valence-corrected chi connectivity index (χ4v) is 5.22. The average molecular weight is 586 g/mol. The third kappa shape index (κ3) is 8.37. The first-order valence-corrected chi connectivity index (χ1v) is 14.8. The van der Waals surface area contributed by atoms with Crippen molar-refractivity contribution in [1.29, 1.82) is 0 Å². The van der Waals surface area contributed by atoms with E-state index >= 15 is 0 Å². The van der Waals surface area contributed by atoms with Gasteiger partial charge >= 0.3 is 6.09 Å². The monoisotopic (exact) mass is 585 g/mol. The van der Waals surface area contributed by atoms with E-state index in [0.29, 0.717) is 11.4 Å². The van der Waals surface area contributed by atoms with Crippen molar-refractivity contribution in [3.8, 4) is 5.75 Å². The number of anilines is 1. The first kappa shape index (κ1) is 31.6. The van der Waals surface area contributed by atoms with Crippen LogP contribution in [0.3, 0.4) is 0 Å². The average Bonchev–Trinajstić information content (AvgIpc) is 2.92. The number of alkyl carbamates (subject to hydrolysis) is 1. The highest BCUT2D eigenvalue weighted by atomic mass is 16.6. The maximum absolute atomic E-state index is 14.7. The van der Waals surface area contributed by atoms with E-state index in [1.807, 2.05) is 62.4 Å². The molecule has 0 spiro atoms. The lowest BCUT2D eigenvalue weighted by atomic mass is 9.86. The molecular weight excluding hydrogens is 542 g/mol. The van der Waals surface area contributed by atoms with Crippen LogP contribution in [0.5, 0.6) is 5.75 Å². The number of carbonyl (C=O) groups is 3. The maximum Gasteiger partial charge on any atom is 0.408 e. The van der Waals surface area contributed by atoms with Gasteiger partial charge in [-0.05, 0) is 94.8 Å². The summed E-state index contributed by atoms with van der Waals surface area (Å²) in [6.45, 7) is 9.26. The molecule has 8 heteroatoms. The van der Waals surface area contributed by atoms with Gasteiger partial charge in [0.2, 0.25) is 5.91 Å². The van der Waals surface area contributed by atoms with E-state index < -0.39 is 23.8 Å². The highest BCUT2D eigenvalue weighted by Gasteiger charge is 2.42. The molecule has 0 aromatic heterocycles. The Kier molecular flexibility index (Phi) is 10.1. The molecule has 2 unspecified atom stereocenters. The van der Waals surface area contributed by atoms with Gasteiger partial charge in [-0.1, -0.05) is 54.1 Å². The largest absolute Gasteiger partial charge is 0.497 e. The molecular formula is C35H43N3O5. The lowest BCUT2D eigenvalue weighted by molar-refractivity contribution is -0.145. The number of methoxy groups -OCH3 is 1. The smallest absolute Gasteiger partial charge is 0.408 e. The molecule has 3 amide bonds. The first-order valence-electron chi connectivity index (χ1n) is 14.8. The Labute approximate surface area is 254 Å². The van der Waals surface area contributed by atoms with Crippen LogP contribution in [0.1, 0.15) is 68.3 Å². The van der Waals surface area contributed by atoms with E-state index in [0.717, 1.165) is 41.5 Å². The van der Waals surface area contributed by atoms with E-state index in [9.17, 15) is 14.4 Å². The van der Waals surface area contributed by atoms with E-state index in [-0.39, 0.29) is 24.3 Å². The van der Waals surface area contributed by atoms with Crippen LogP contribution in [-0.4, -0.2) is 47.6 Å². The molecule has 0 aliphatic heterocycles. The third-order valence-corrected chi connectivity index (χ3v) is 7.61. The maximum atomic E-state index is 14.7. The molecule has 0 radical (unpaired) electrons. The number of benzene rings is 3. The van der Waals surface area contributed by atoms with Gasteiger partial charge in [-0.3, -0.25) is 9.59 Å². The lowest BCUT2D eigenvalue weighted by Gasteiger charge is -2.44. The zero-order valence-electron chi connectivity index (χ0n) is 26.0. The Bertz CT molecular complexity index is 1410. The molecule has 2 atom stereocenters. The van der Waals surface area contributed by atoms with Gasteiger partial charge < -0.3 is 25.0 Å². The van der Waals surface area contributed by atoms with Crippen molar-refractivity contribution in [2.24, 2.45) is 0 Å². The Morgan fingerprint density at radius 1 is 0.953 bits per heavy atom. The second-order valence-electron chi connectivity index (χ2n) is 12.2. The number of carbonyl (C=O) groups excluding carboxylic acids is 3. The standard InChI is InChI=1S/C35H43N3O5/c1-23-15-16-24(2)29(21-23)31(32(39)36-26-17-19-28(42-6)20-18-26)38(27-13-10-14-27)33(40)30(22-25-11-8-7-9-12-25)37-34(41)43-35(3,4)5/h7-9,11-12,15-21,27,30-31H,10,13-14,22H2,1-6H3,(H,36,39)(H,37,41). The fraction of sp³-hybridized carbons (Fsp3) is 0.400. The van der Waals surface area contributed by atoms with Crippen LogP contribution in [0.15, 0.2) is 72.8 Å². The van der Waals surface area contributed by atoms with Gasteiger partial charge in [0.25, 0.3) is 5.91 Å². The molecule has 1 aliphatic carbocycles. The van der Waals surface area contributed by atoms with Crippen LogP contribution < -0.4 is 15.4 Å². The number of aryl methyl sites for hydroxylation is 2. The van der Waals surface area contributed by atoms with Crippen LogP contribution >= 0.6 is 0 Å². The van der Waals surface area contributed by atoms with Crippen molar-refractivity contribution >= 4 is 23.6 Å². The summed E-state index contributed by atoms with van der Waals surface area (Å²) in [6, 6.07) is 20.6. The van der Waals surface area contributed by atoms with Gasteiger partial charge in [-0.15, -0.1) is 0 Å². The number of amides is 3. The van der Waals surface area contributed by atoms with Gasteiger partial charge in [-0.25, -0.2) is 4.79 Å². The van der Waals surface area contributed by atoms with Gasteiger partial charge in [0.05, 0.1) is 7.11 Å². The SMILES string of the molecule is COc1ccc(NC(=O)C(c2cc(C)ccc2C)N(C(=O)C(Cc2ccccc2)NC(=O)OC(C)(C)C)C2CCC2)cc1. The molecule has 228 valence electrons. The summed E-state index contributed by atoms with van der Waals surface area (Å²) in [5.41, 5.74) is 3.37. The first-order chi connectivity index (χ1) is 20.4. The van der Waals surface area contributed by atoms with Crippen LogP contribution in [0, 0.1) is 13.8 Å². The second-order valence-corrected chi connectivity index (χ2v) is 12.2. The molecule has 8 nitrogen and oxygen atoms in total. The highest BCUT2D eigenvalue weighted by Crippen LogP contribution is 2.36. The normalized spacial score (nSPS) is 14.6. The Morgan fingerprint density at radius 2 is 1.63 bits per heavy atom. The summed E-state index contributed by atoms with van der Waals surface area (Å²) >= 11 is 0. The Hall–Kier alpha value is -4.33. The molecule has 0 saturated heterocycles. The van der Waals surface area contributed by atoms with Crippen molar-refractivity contribution < 1.29 is 23.9 Å². The van der Waals surface area contributed by atoms with E-state index in [1.165, 1.54) is 0 Å². The molecule has 2 N–H and O–H groups in total. The molecule has 4 rings (SSSR count). The fourth-order valence-electron chi connectivity index (χ4n) is 5.22. The van der Waals surface area contributed by atoms with E-state index in [2.05, 4.69) is 10.6 Å². The minimum atomic E-state index is -0.945. The van der Waals surface area contributed by atoms with Crippen molar-refractivity contribution in [3.63, 3.8) is 0 Å². The van der Waals surface area contributed by atoms with Crippen LogP contribution in [0.25, 0.3) is 0 Å². The number of nitrogens with one attached hydrogen (secondary N) is 2. The quantitative estimate of drug-likeness (QED) is 0.283. The van der Waals surface area contributed by atoms with Crippen LogP contribution in [0.4, 0.5) is 10.5 Å². The lowest BCUT2D eigenvalue weighted by Crippen LogP contribution is -2.57. The van der Waals surface area contributed by atoms with Gasteiger partial charge in [0, 0.05) is 18.2 Å². The highest BCUT2D eigenvalue weighted by molar-refractivity contribution is 5.99. The number of hydrogen-bond acceptors (Lipinski definition) is 5. The number of ether oxygens (including phenoxy) is 2. The summed E-state index contributed by atoms with van der Waals surface area (Å²) in [5, 5.41) is 5.88. The summed E-state index contributed by atoms with van der Waals surface area (Å²) in [5.74, 6) is 0.0253. The van der Waals surface area contributed by atoms with Gasteiger partial charge in [0.1, 0.15) is 23.4 Å².